The number of halogens is 2. The van der Waals surface area contributed by atoms with Crippen LogP contribution in [0.2, 0.25) is 0 Å². The molecule has 0 bridgehead atoms. The summed E-state index contributed by atoms with van der Waals surface area (Å²) in [5.41, 5.74) is 0. The zero-order chi connectivity index (χ0) is 0. The van der Waals surface area contributed by atoms with Crippen molar-refractivity contribution < 1.29 is 52.1 Å². The van der Waals surface area contributed by atoms with Crippen molar-refractivity contribution >= 4 is 0 Å². The van der Waals surface area contributed by atoms with Gasteiger partial charge in [0.25, 0.3) is 0 Å². The van der Waals surface area contributed by atoms with Gasteiger partial charge in [-0.2, -0.15) is 0 Å². The second kappa shape index (κ2) is 229. The molecule has 0 heterocycles. The molecule has 0 aliphatic carbocycles. The van der Waals surface area contributed by atoms with E-state index in [1.807, 2.05) is 0 Å². The van der Waals surface area contributed by atoms with Crippen LogP contribution in [0, 0.1) is 22.3 Å². The average Bonchev–Trinajstić information content (AvgIpc) is 0. The third-order valence-electron chi connectivity index (χ3n) is 0. The predicted molar refractivity (Wildman–Crippen MR) is 31.2 cm³/mol. The van der Waals surface area contributed by atoms with Gasteiger partial charge in [0.2, 0.25) is 0 Å². The van der Waals surface area contributed by atoms with Crippen LogP contribution in [0.1, 0.15) is 0 Å². The molecule has 5 heteroatoms. The molecule has 58 valence electrons. The van der Waals surface area contributed by atoms with E-state index < -0.39 is 0 Å². The van der Waals surface area contributed by atoms with Gasteiger partial charge in [0.05, 0.1) is 0 Å². The second-order valence-corrected chi connectivity index (χ2v) is 0. The minimum Gasteiger partial charge on any atom is -1.00 e. The Labute approximate surface area is 86.3 Å². The molecule has 0 spiro atoms. The van der Waals surface area contributed by atoms with Crippen molar-refractivity contribution in [3.8, 4) is 0 Å². The molecule has 0 amide bonds. The minimum atomic E-state index is 0. The Morgan fingerprint density at radius 2 is 0.500 bits per heavy atom. The number of quaternary nitrogens is 2. The van der Waals surface area contributed by atoms with Crippen molar-refractivity contribution in [1.82, 2.24) is 12.3 Å². The third kappa shape index (κ3) is 151. The fraction of sp³-hybridized carbons (Fsp3) is 0. The molecular formula is C3H17CdCl2N2-3. The van der Waals surface area contributed by atoms with Crippen molar-refractivity contribution in [2.24, 2.45) is 0 Å². The summed E-state index contributed by atoms with van der Waals surface area (Å²) in [6.07, 6.45) is 0. The van der Waals surface area contributed by atoms with Crippen LogP contribution in [0.3, 0.4) is 0 Å². The molecular weight excluding hydrogens is 247 g/mol. The summed E-state index contributed by atoms with van der Waals surface area (Å²) < 4.78 is 0. The summed E-state index contributed by atoms with van der Waals surface area (Å²) in [5, 5.41) is 0. The van der Waals surface area contributed by atoms with Crippen LogP contribution in [0.5, 0.6) is 0 Å². The molecule has 0 saturated heterocycles. The van der Waals surface area contributed by atoms with Gasteiger partial charge in [-0.1, -0.05) is 0 Å². The first-order chi connectivity index (χ1) is 0. The maximum Gasteiger partial charge on any atom is 0 e. The molecule has 8 heavy (non-hydrogen) atoms. The summed E-state index contributed by atoms with van der Waals surface area (Å²) in [5.74, 6) is 0. The van der Waals surface area contributed by atoms with Gasteiger partial charge in [0.1, 0.15) is 0 Å². The average molecular weight is 265 g/mol. The molecule has 8 N–H and O–H groups in total. The number of hydrogen-bond acceptors (Lipinski definition) is 0. The van der Waals surface area contributed by atoms with Crippen molar-refractivity contribution in [2.75, 3.05) is 0 Å². The van der Waals surface area contributed by atoms with Crippen LogP contribution in [-0.4, -0.2) is 0 Å². The Morgan fingerprint density at radius 3 is 0.500 bits per heavy atom. The molecule has 0 aromatic heterocycles. The van der Waals surface area contributed by atoms with Crippen LogP contribution >= 0.6 is 0 Å². The topological polar surface area (TPSA) is 73.0 Å². The third-order valence-corrected chi connectivity index (χ3v) is 0. The van der Waals surface area contributed by atoms with Gasteiger partial charge in [-0.15, -0.1) is 0 Å². The molecule has 0 aromatic rings. The van der Waals surface area contributed by atoms with E-state index in [0.717, 1.165) is 0 Å². The summed E-state index contributed by atoms with van der Waals surface area (Å²) >= 11 is 0. The number of rotatable bonds is 0. The van der Waals surface area contributed by atoms with Gasteiger partial charge >= 0.3 is 0 Å². The van der Waals surface area contributed by atoms with E-state index in [9.17, 15) is 0 Å². The molecule has 0 unspecified atom stereocenters. The molecule has 0 aromatic carbocycles. The Kier molecular flexibility index (Phi) is 9480. The first-order valence-corrected chi connectivity index (χ1v) is 0. The molecule has 0 saturated carbocycles. The van der Waals surface area contributed by atoms with E-state index in [1.54, 1.807) is 0 Å². The van der Waals surface area contributed by atoms with Crippen molar-refractivity contribution in [2.45, 2.75) is 0 Å². The van der Waals surface area contributed by atoms with Gasteiger partial charge in [0, 0.05) is 27.3 Å². The summed E-state index contributed by atoms with van der Waals surface area (Å²) in [4.78, 5) is 0. The summed E-state index contributed by atoms with van der Waals surface area (Å²) in [6, 6.07) is 0. The molecule has 0 radical (unpaired) electrons. The van der Waals surface area contributed by atoms with Gasteiger partial charge in [-0.05, 0) is 0 Å². The number of hydrogen-bond donors (Lipinski definition) is 2. The van der Waals surface area contributed by atoms with Crippen molar-refractivity contribution in [3.63, 3.8) is 0 Å². The normalized spacial score (nSPS) is 0. The fourth-order valence-electron chi connectivity index (χ4n) is 0. The maximum absolute atomic E-state index is 0. The molecule has 2 nitrogen and oxygen atoms in total. The second-order valence-electron chi connectivity index (χ2n) is 0. The Morgan fingerprint density at radius 1 is 0.500 bits per heavy atom. The zero-order valence-electron chi connectivity index (χ0n) is 6.46. The first-order valence-electron chi connectivity index (χ1n) is 0. The maximum atomic E-state index is 0. The van der Waals surface area contributed by atoms with E-state index in [0.29, 0.717) is 0 Å². The van der Waals surface area contributed by atoms with Gasteiger partial charge < -0.3 is 59.4 Å². The van der Waals surface area contributed by atoms with Crippen molar-refractivity contribution in [3.05, 3.63) is 22.3 Å². The Bertz CT molecular complexity index is 15.2. The largest absolute Gasteiger partial charge is 1.00 e. The van der Waals surface area contributed by atoms with E-state index in [-0.39, 0.29) is 86.7 Å². The van der Waals surface area contributed by atoms with Crippen LogP contribution in [-0.2, 0) is 27.3 Å². The standard InChI is InChI=1S/3CH3.Cd.2ClH.2H3N/h3*1H3;;2*1H;2*1H3/q3*-1;;;;;. The van der Waals surface area contributed by atoms with Crippen LogP contribution in [0.25, 0.3) is 0 Å². The molecule has 0 aliphatic rings. The SMILES string of the molecule is [CH3-].[CH3-].[CH3-].[Cd].[Cl-].[Cl-].[NH4+].[NH4+]. The summed E-state index contributed by atoms with van der Waals surface area (Å²) in [7, 11) is 0. The quantitative estimate of drug-likeness (QED) is 0.332. The molecule has 0 fully saturated rings. The van der Waals surface area contributed by atoms with Gasteiger partial charge in [0.15, 0.2) is 0 Å². The monoisotopic (exact) mass is 265 g/mol. The van der Waals surface area contributed by atoms with E-state index in [4.69, 9.17) is 0 Å². The fourth-order valence-corrected chi connectivity index (χ4v) is 0. The molecule has 0 atom stereocenters. The molecule has 0 aliphatic heterocycles. The van der Waals surface area contributed by atoms with Gasteiger partial charge in [-0.25, -0.2) is 0 Å². The minimum absolute atomic E-state index is 0. The molecule has 0 rings (SSSR count). The zero-order valence-corrected chi connectivity index (χ0v) is 12.0. The summed E-state index contributed by atoms with van der Waals surface area (Å²) in [6.45, 7) is 0. The first kappa shape index (κ1) is 330. The van der Waals surface area contributed by atoms with Gasteiger partial charge in [-0.3, -0.25) is 0 Å². The Balaban J connectivity index is 0. The van der Waals surface area contributed by atoms with Crippen LogP contribution in [0.4, 0.5) is 0 Å². The van der Waals surface area contributed by atoms with E-state index >= 15 is 0 Å². The Hall–Kier alpha value is 1.42. The van der Waals surface area contributed by atoms with Crippen molar-refractivity contribution in [1.29, 1.82) is 0 Å². The predicted octanol–water partition coefficient (Wildman–Crippen LogP) is -3.89. The van der Waals surface area contributed by atoms with Crippen LogP contribution in [0.15, 0.2) is 0 Å². The van der Waals surface area contributed by atoms with E-state index in [1.165, 1.54) is 0 Å². The van der Waals surface area contributed by atoms with E-state index in [2.05, 4.69) is 0 Å². The van der Waals surface area contributed by atoms with Crippen LogP contribution < -0.4 is 37.1 Å². The smallest absolute Gasteiger partial charge is 0 e.